The van der Waals surface area contributed by atoms with Gasteiger partial charge in [-0.1, -0.05) is 176 Å². The van der Waals surface area contributed by atoms with Gasteiger partial charge in [0.15, 0.2) is 34.9 Å². The molecule has 0 bridgehead atoms. The fourth-order valence-corrected chi connectivity index (χ4v) is 9.04. The summed E-state index contributed by atoms with van der Waals surface area (Å²) in [4.78, 5) is 31.0. The summed E-state index contributed by atoms with van der Waals surface area (Å²) < 4.78 is 6.84. The van der Waals surface area contributed by atoms with Gasteiger partial charge in [-0.15, -0.1) is 0 Å². The fraction of sp³-hybridized carbons (Fsp3) is 0.0508. The van der Waals surface area contributed by atoms with Crippen molar-refractivity contribution in [2.24, 2.45) is 0 Å². The minimum Gasteiger partial charge on any atom is -0.482 e. The Morgan fingerprint density at radius 3 is 1.29 bits per heavy atom. The van der Waals surface area contributed by atoms with Crippen LogP contribution in [0.2, 0.25) is 0 Å². The van der Waals surface area contributed by atoms with E-state index in [2.05, 4.69) is 159 Å². The van der Waals surface area contributed by atoms with E-state index < -0.39 is 5.60 Å². The number of aromatic nitrogens is 6. The highest BCUT2D eigenvalue weighted by Crippen LogP contribution is 2.47. The number of fused-ring (bicyclic) bond motifs is 5. The van der Waals surface area contributed by atoms with Crippen LogP contribution in [0.25, 0.3) is 112 Å². The molecular weight excluding hydrogens is 809 g/mol. The molecule has 0 radical (unpaired) electrons. The molecule has 7 heteroatoms. The fourth-order valence-electron chi connectivity index (χ4n) is 9.04. The lowest BCUT2D eigenvalue weighted by molar-refractivity contribution is 0.106. The lowest BCUT2D eigenvalue weighted by Gasteiger charge is -2.35. The number of hydrogen-bond donors (Lipinski definition) is 0. The van der Waals surface area contributed by atoms with Gasteiger partial charge in [-0.3, -0.25) is 0 Å². The minimum atomic E-state index is -0.542. The van der Waals surface area contributed by atoms with Crippen molar-refractivity contribution in [3.63, 3.8) is 0 Å². The highest BCUT2D eigenvalue weighted by Gasteiger charge is 2.32. The van der Waals surface area contributed by atoms with E-state index in [-0.39, 0.29) is 0 Å². The summed E-state index contributed by atoms with van der Waals surface area (Å²) in [6.07, 6.45) is 0. The van der Waals surface area contributed by atoms with Gasteiger partial charge in [0.05, 0.1) is 0 Å². The third kappa shape index (κ3) is 7.13. The first-order valence-electron chi connectivity index (χ1n) is 22.1. The number of benzene rings is 9. The van der Waals surface area contributed by atoms with E-state index in [0.717, 1.165) is 88.5 Å². The van der Waals surface area contributed by atoms with Gasteiger partial charge in [0, 0.05) is 44.5 Å². The normalized spacial score (nSPS) is 12.6. The van der Waals surface area contributed by atoms with Crippen LogP contribution in [-0.4, -0.2) is 29.9 Å². The second kappa shape index (κ2) is 15.8. The number of nitrogens with zero attached hydrogens (tertiary/aromatic N) is 6. The van der Waals surface area contributed by atoms with Crippen LogP contribution in [0, 0.1) is 0 Å². The van der Waals surface area contributed by atoms with Crippen LogP contribution in [0.5, 0.6) is 5.75 Å². The van der Waals surface area contributed by atoms with Crippen LogP contribution < -0.4 is 4.74 Å². The highest BCUT2D eigenvalue weighted by atomic mass is 16.5. The SMILES string of the molecule is CC1(C)Oc2cc(-c3cc(-c4nc(-c5ccc6ccccc6c5)nc(-c5ccc6ccccc6c5)n4)ccc3-c3nc(-c4ccccc4)nc(-c4ccccc4)n3)ccc2-c2ccccc21. The van der Waals surface area contributed by atoms with Gasteiger partial charge in [-0.2, -0.15) is 0 Å². The molecule has 0 saturated carbocycles. The second-order valence-corrected chi connectivity index (χ2v) is 17.1. The van der Waals surface area contributed by atoms with Gasteiger partial charge in [-0.25, -0.2) is 29.9 Å². The summed E-state index contributed by atoms with van der Waals surface area (Å²) in [7, 11) is 0. The van der Waals surface area contributed by atoms with Crippen LogP contribution in [0.1, 0.15) is 19.4 Å². The second-order valence-electron chi connectivity index (χ2n) is 17.1. The molecule has 1 aliphatic heterocycles. The smallest absolute Gasteiger partial charge is 0.164 e. The molecule has 2 aromatic heterocycles. The van der Waals surface area contributed by atoms with Crippen LogP contribution in [0.4, 0.5) is 0 Å². The third-order valence-electron chi connectivity index (χ3n) is 12.4. The molecule has 0 saturated heterocycles. The molecular formula is C59H40N6O. The molecule has 0 atom stereocenters. The van der Waals surface area contributed by atoms with E-state index in [9.17, 15) is 0 Å². The van der Waals surface area contributed by atoms with Crippen molar-refractivity contribution in [2.75, 3.05) is 0 Å². The van der Waals surface area contributed by atoms with Crippen molar-refractivity contribution < 1.29 is 4.74 Å². The largest absolute Gasteiger partial charge is 0.482 e. The molecule has 9 aromatic carbocycles. The van der Waals surface area contributed by atoms with E-state index in [1.807, 2.05) is 60.7 Å². The summed E-state index contributed by atoms with van der Waals surface area (Å²) in [6.45, 7) is 4.24. The zero-order valence-corrected chi connectivity index (χ0v) is 36.2. The molecule has 1 aliphatic rings. The predicted octanol–water partition coefficient (Wildman–Crippen LogP) is 14.3. The van der Waals surface area contributed by atoms with Gasteiger partial charge in [0.1, 0.15) is 11.4 Å². The molecule has 0 spiro atoms. The van der Waals surface area contributed by atoms with Gasteiger partial charge >= 0.3 is 0 Å². The summed E-state index contributed by atoms with van der Waals surface area (Å²) in [5.74, 6) is 4.21. The van der Waals surface area contributed by atoms with E-state index >= 15 is 0 Å². The molecule has 312 valence electrons. The molecule has 11 aromatic rings. The quantitative estimate of drug-likeness (QED) is 0.158. The van der Waals surface area contributed by atoms with Crippen molar-refractivity contribution in [1.29, 1.82) is 0 Å². The molecule has 12 rings (SSSR count). The lowest BCUT2D eigenvalue weighted by Crippen LogP contribution is -2.29. The molecule has 0 aliphatic carbocycles. The van der Waals surface area contributed by atoms with Crippen molar-refractivity contribution in [1.82, 2.24) is 29.9 Å². The number of rotatable bonds is 7. The van der Waals surface area contributed by atoms with Crippen molar-refractivity contribution in [3.8, 4) is 96.3 Å². The van der Waals surface area contributed by atoms with Gasteiger partial charge < -0.3 is 4.74 Å². The zero-order chi connectivity index (χ0) is 44.2. The lowest BCUT2D eigenvalue weighted by atomic mass is 9.85. The maximum atomic E-state index is 6.84. The van der Waals surface area contributed by atoms with Crippen LogP contribution >= 0.6 is 0 Å². The standard InChI is InChI=1S/C59H40N6O/c1-59(2)51-24-14-13-23-47(51)48-31-29-43(36-52(48)66-59)50-35-46(30-32-49(50)58-64-53(39-17-5-3-6-18-39)60-54(65-58)40-19-7-4-8-20-40)57-62-55(44-27-25-37-15-9-11-21-41(37)33-44)61-56(63-57)45-28-26-38-16-10-12-22-42(38)34-45/h3-36H,1-2H3. The van der Waals surface area contributed by atoms with Gasteiger partial charge in [0.25, 0.3) is 0 Å². The number of hydrogen-bond acceptors (Lipinski definition) is 7. The van der Waals surface area contributed by atoms with Crippen molar-refractivity contribution in [3.05, 3.63) is 212 Å². The average molecular weight is 849 g/mol. The summed E-state index contributed by atoms with van der Waals surface area (Å²) in [5, 5.41) is 4.52. The zero-order valence-electron chi connectivity index (χ0n) is 36.2. The highest BCUT2D eigenvalue weighted by molar-refractivity contribution is 5.90. The molecule has 0 unspecified atom stereocenters. The van der Waals surface area contributed by atoms with Crippen molar-refractivity contribution in [2.45, 2.75) is 19.4 Å². The Bertz CT molecular complexity index is 3510. The Balaban J connectivity index is 1.09. The van der Waals surface area contributed by atoms with Gasteiger partial charge in [-0.05, 0) is 82.4 Å². The summed E-state index contributed by atoms with van der Waals surface area (Å²) in [6, 6.07) is 70.7. The minimum absolute atomic E-state index is 0.540. The van der Waals surface area contributed by atoms with Gasteiger partial charge in [0.2, 0.25) is 0 Å². The maximum absolute atomic E-state index is 6.84. The first kappa shape index (κ1) is 39.0. The van der Waals surface area contributed by atoms with Crippen LogP contribution in [-0.2, 0) is 5.60 Å². The molecule has 3 heterocycles. The topological polar surface area (TPSA) is 86.6 Å². The maximum Gasteiger partial charge on any atom is 0.164 e. The Kier molecular flexibility index (Phi) is 9.35. The molecule has 0 amide bonds. The van der Waals surface area contributed by atoms with Crippen LogP contribution in [0.15, 0.2) is 206 Å². The Labute approximate surface area is 382 Å². The number of ether oxygens (including phenoxy) is 1. The van der Waals surface area contributed by atoms with E-state index in [1.165, 1.54) is 0 Å². The monoisotopic (exact) mass is 848 g/mol. The molecule has 7 nitrogen and oxygen atoms in total. The van der Waals surface area contributed by atoms with E-state index in [0.29, 0.717) is 34.9 Å². The Morgan fingerprint density at radius 1 is 0.288 bits per heavy atom. The molecule has 0 fully saturated rings. The van der Waals surface area contributed by atoms with E-state index in [4.69, 9.17) is 34.6 Å². The first-order valence-corrected chi connectivity index (χ1v) is 22.1. The van der Waals surface area contributed by atoms with Crippen LogP contribution in [0.3, 0.4) is 0 Å². The third-order valence-corrected chi connectivity index (χ3v) is 12.4. The Morgan fingerprint density at radius 2 is 0.712 bits per heavy atom. The first-order chi connectivity index (χ1) is 32.4. The molecule has 0 N–H and O–H groups in total. The van der Waals surface area contributed by atoms with Crippen molar-refractivity contribution >= 4 is 21.5 Å². The summed E-state index contributed by atoms with van der Waals surface area (Å²) >= 11 is 0. The summed E-state index contributed by atoms with van der Waals surface area (Å²) in [5.41, 5.74) is 9.86. The average Bonchev–Trinajstić information content (AvgIpc) is 3.38. The predicted molar refractivity (Wildman–Crippen MR) is 265 cm³/mol. The Hall–Kier alpha value is -8.68. The van der Waals surface area contributed by atoms with E-state index in [1.54, 1.807) is 0 Å². The molecule has 66 heavy (non-hydrogen) atoms.